The van der Waals surface area contributed by atoms with E-state index in [1.165, 1.54) is 6.42 Å². The molecular formula is C10H14O2. The van der Waals surface area contributed by atoms with Gasteiger partial charge in [0.2, 0.25) is 0 Å². The summed E-state index contributed by atoms with van der Waals surface area (Å²) in [7, 11) is 0. The lowest BCUT2D eigenvalue weighted by Crippen LogP contribution is -2.23. The zero-order valence-electron chi connectivity index (χ0n) is 7.64. The van der Waals surface area contributed by atoms with Crippen LogP contribution in [0.4, 0.5) is 0 Å². The van der Waals surface area contributed by atoms with Gasteiger partial charge in [0, 0.05) is 11.3 Å². The van der Waals surface area contributed by atoms with Crippen LogP contribution in [0.5, 0.6) is 0 Å². The van der Waals surface area contributed by atoms with Crippen molar-refractivity contribution in [2.75, 3.05) is 6.61 Å². The van der Waals surface area contributed by atoms with Crippen molar-refractivity contribution in [3.05, 3.63) is 0 Å². The highest BCUT2D eigenvalue weighted by Gasteiger charge is 2.29. The zero-order valence-corrected chi connectivity index (χ0v) is 7.64. The van der Waals surface area contributed by atoms with Gasteiger partial charge < -0.3 is 4.74 Å². The summed E-state index contributed by atoms with van der Waals surface area (Å²) in [6.07, 6.45) is 3.45. The van der Waals surface area contributed by atoms with Gasteiger partial charge in [-0.1, -0.05) is 12.3 Å². The summed E-state index contributed by atoms with van der Waals surface area (Å²) in [5, 5.41) is 0. The summed E-state index contributed by atoms with van der Waals surface area (Å²) in [5.74, 6) is 5.07. The number of hydrogen-bond donors (Lipinski definition) is 0. The molecule has 0 N–H and O–H groups in total. The van der Waals surface area contributed by atoms with E-state index >= 15 is 0 Å². The zero-order chi connectivity index (χ0) is 9.03. The van der Waals surface area contributed by atoms with E-state index in [-0.39, 0.29) is 5.41 Å². The van der Waals surface area contributed by atoms with Gasteiger partial charge in [-0.3, -0.25) is 0 Å². The van der Waals surface area contributed by atoms with Crippen molar-refractivity contribution in [3.8, 4) is 11.8 Å². The summed E-state index contributed by atoms with van der Waals surface area (Å²) in [4.78, 5) is 10.8. The fourth-order valence-corrected chi connectivity index (χ4v) is 1.20. The van der Waals surface area contributed by atoms with E-state index in [1.54, 1.807) is 6.92 Å². The molecule has 0 amide bonds. The molecule has 0 heterocycles. The van der Waals surface area contributed by atoms with Gasteiger partial charge in [0.05, 0.1) is 6.61 Å². The van der Waals surface area contributed by atoms with Crippen LogP contribution in [0.25, 0.3) is 0 Å². The quantitative estimate of drug-likeness (QED) is 0.337. The SMILES string of the molecule is CCOC(=O)C#CC1(C)CCC1. The van der Waals surface area contributed by atoms with E-state index in [1.807, 2.05) is 0 Å². The van der Waals surface area contributed by atoms with Gasteiger partial charge in [-0.05, 0) is 26.7 Å². The van der Waals surface area contributed by atoms with Gasteiger partial charge in [-0.15, -0.1) is 0 Å². The highest BCUT2D eigenvalue weighted by atomic mass is 16.5. The fourth-order valence-electron chi connectivity index (χ4n) is 1.20. The van der Waals surface area contributed by atoms with Crippen LogP contribution in [-0.4, -0.2) is 12.6 Å². The van der Waals surface area contributed by atoms with E-state index in [0.717, 1.165) is 12.8 Å². The third kappa shape index (κ3) is 2.27. The number of carbonyl (C=O) groups is 1. The van der Waals surface area contributed by atoms with Gasteiger partial charge in [-0.2, -0.15) is 0 Å². The molecule has 66 valence electrons. The molecule has 0 aliphatic heterocycles. The van der Waals surface area contributed by atoms with Crippen molar-refractivity contribution < 1.29 is 9.53 Å². The predicted octanol–water partition coefficient (Wildman–Crippen LogP) is 1.74. The minimum absolute atomic E-state index is 0.0900. The summed E-state index contributed by atoms with van der Waals surface area (Å²) < 4.78 is 4.69. The minimum Gasteiger partial charge on any atom is -0.456 e. The fraction of sp³-hybridized carbons (Fsp3) is 0.700. The van der Waals surface area contributed by atoms with E-state index < -0.39 is 5.97 Å². The molecule has 0 aromatic rings. The minimum atomic E-state index is -0.398. The van der Waals surface area contributed by atoms with Gasteiger partial charge >= 0.3 is 5.97 Å². The largest absolute Gasteiger partial charge is 0.456 e. The van der Waals surface area contributed by atoms with Gasteiger partial charge in [0.1, 0.15) is 0 Å². The average molecular weight is 166 g/mol. The first-order valence-electron chi connectivity index (χ1n) is 4.36. The highest BCUT2D eigenvalue weighted by Crippen LogP contribution is 2.39. The molecule has 2 heteroatoms. The smallest absolute Gasteiger partial charge is 0.384 e. The Morgan fingerprint density at radius 1 is 1.58 bits per heavy atom. The van der Waals surface area contributed by atoms with Crippen LogP contribution in [0.2, 0.25) is 0 Å². The van der Waals surface area contributed by atoms with Crippen molar-refractivity contribution in [2.24, 2.45) is 5.41 Å². The number of ether oxygens (including phenoxy) is 1. The molecule has 1 fully saturated rings. The Hall–Kier alpha value is -0.970. The van der Waals surface area contributed by atoms with Crippen LogP contribution in [0.15, 0.2) is 0 Å². The second-order valence-electron chi connectivity index (χ2n) is 3.38. The molecule has 1 aliphatic rings. The maximum absolute atomic E-state index is 10.8. The van der Waals surface area contributed by atoms with Crippen molar-refractivity contribution in [1.29, 1.82) is 0 Å². The molecule has 1 aliphatic carbocycles. The number of rotatable bonds is 1. The van der Waals surface area contributed by atoms with Crippen LogP contribution in [-0.2, 0) is 9.53 Å². The van der Waals surface area contributed by atoms with Crippen LogP contribution < -0.4 is 0 Å². The second-order valence-corrected chi connectivity index (χ2v) is 3.38. The van der Waals surface area contributed by atoms with E-state index in [9.17, 15) is 4.79 Å². The molecule has 2 nitrogen and oxygen atoms in total. The van der Waals surface area contributed by atoms with Crippen molar-refractivity contribution in [1.82, 2.24) is 0 Å². The standard InChI is InChI=1S/C10H14O2/c1-3-12-9(11)5-8-10(2)6-4-7-10/h3-4,6-7H2,1-2H3. The Labute approximate surface area is 73.3 Å². The summed E-state index contributed by atoms with van der Waals surface area (Å²) >= 11 is 0. The van der Waals surface area contributed by atoms with Gasteiger partial charge in [0.25, 0.3) is 0 Å². The molecule has 0 spiro atoms. The number of esters is 1. The van der Waals surface area contributed by atoms with Crippen molar-refractivity contribution in [2.45, 2.75) is 33.1 Å². The Bertz CT molecular complexity index is 228. The molecule has 0 saturated heterocycles. The van der Waals surface area contributed by atoms with Crippen LogP contribution in [0, 0.1) is 17.3 Å². The van der Waals surface area contributed by atoms with Gasteiger partial charge in [0.15, 0.2) is 0 Å². The van der Waals surface area contributed by atoms with Crippen LogP contribution >= 0.6 is 0 Å². The maximum atomic E-state index is 10.8. The summed E-state index contributed by atoms with van der Waals surface area (Å²) in [5.41, 5.74) is 0.0900. The molecule has 0 aromatic carbocycles. The Balaban J connectivity index is 2.41. The van der Waals surface area contributed by atoms with E-state index in [2.05, 4.69) is 18.8 Å². The average Bonchev–Trinajstić information content (AvgIpc) is 1.98. The lowest BCUT2D eigenvalue weighted by atomic mass is 9.71. The van der Waals surface area contributed by atoms with Crippen molar-refractivity contribution in [3.63, 3.8) is 0 Å². The maximum Gasteiger partial charge on any atom is 0.384 e. The van der Waals surface area contributed by atoms with Crippen LogP contribution in [0.3, 0.4) is 0 Å². The first kappa shape index (κ1) is 9.12. The third-order valence-corrected chi connectivity index (χ3v) is 2.20. The predicted molar refractivity (Wildman–Crippen MR) is 46.4 cm³/mol. The van der Waals surface area contributed by atoms with E-state index in [4.69, 9.17) is 4.74 Å². The first-order chi connectivity index (χ1) is 5.66. The number of hydrogen-bond acceptors (Lipinski definition) is 2. The van der Waals surface area contributed by atoms with Crippen molar-refractivity contribution >= 4 is 5.97 Å². The molecule has 0 radical (unpaired) electrons. The normalized spacial score (nSPS) is 18.5. The summed E-state index contributed by atoms with van der Waals surface area (Å²) in [6, 6.07) is 0. The molecule has 0 aromatic heterocycles. The highest BCUT2D eigenvalue weighted by molar-refractivity contribution is 5.88. The molecule has 0 atom stereocenters. The monoisotopic (exact) mass is 166 g/mol. The lowest BCUT2D eigenvalue weighted by Gasteiger charge is -2.32. The Morgan fingerprint density at radius 3 is 2.67 bits per heavy atom. The molecule has 12 heavy (non-hydrogen) atoms. The second kappa shape index (κ2) is 3.62. The van der Waals surface area contributed by atoms with Crippen LogP contribution in [0.1, 0.15) is 33.1 Å². The van der Waals surface area contributed by atoms with Gasteiger partial charge in [-0.25, -0.2) is 4.79 Å². The third-order valence-electron chi connectivity index (χ3n) is 2.20. The Morgan fingerprint density at radius 2 is 2.25 bits per heavy atom. The Kier molecular flexibility index (Phi) is 2.75. The van der Waals surface area contributed by atoms with E-state index in [0.29, 0.717) is 6.61 Å². The number of carbonyl (C=O) groups excluding carboxylic acids is 1. The molecule has 1 rings (SSSR count). The molecule has 1 saturated carbocycles. The first-order valence-corrected chi connectivity index (χ1v) is 4.36. The molecule has 0 unspecified atom stereocenters. The molecule has 0 bridgehead atoms. The summed E-state index contributed by atoms with van der Waals surface area (Å²) in [6.45, 7) is 4.28. The topological polar surface area (TPSA) is 26.3 Å². The lowest BCUT2D eigenvalue weighted by molar-refractivity contribution is -0.136. The molecular weight excluding hydrogens is 152 g/mol.